The average Bonchev–Trinajstić information content (AvgIpc) is 2.99. The van der Waals surface area contributed by atoms with E-state index in [0.717, 1.165) is 5.56 Å². The maximum absolute atomic E-state index is 12.2. The van der Waals surface area contributed by atoms with Crippen molar-refractivity contribution in [3.8, 4) is 0 Å². The minimum Gasteiger partial charge on any atom is -0.285 e. The fourth-order valence-corrected chi connectivity index (χ4v) is 2.20. The third-order valence-electron chi connectivity index (χ3n) is 3.21. The SMILES string of the molecule is CC(c1cn[nH]c1)N1C(=O)c2ccccc2C1=O. The highest BCUT2D eigenvalue weighted by molar-refractivity contribution is 6.21. The van der Waals surface area contributed by atoms with Gasteiger partial charge in [0.05, 0.1) is 23.4 Å². The van der Waals surface area contributed by atoms with Crippen LogP contribution in [0.5, 0.6) is 0 Å². The number of amides is 2. The second-order valence-corrected chi connectivity index (χ2v) is 4.23. The first-order chi connectivity index (χ1) is 8.70. The zero-order chi connectivity index (χ0) is 12.7. The molecule has 1 aliphatic rings. The highest BCUT2D eigenvalue weighted by Crippen LogP contribution is 2.30. The van der Waals surface area contributed by atoms with Crippen LogP contribution in [-0.4, -0.2) is 26.9 Å². The Morgan fingerprint density at radius 3 is 2.28 bits per heavy atom. The first kappa shape index (κ1) is 10.7. The molecule has 3 rings (SSSR count). The van der Waals surface area contributed by atoms with Gasteiger partial charge in [-0.2, -0.15) is 5.10 Å². The van der Waals surface area contributed by atoms with Crippen LogP contribution in [0, 0.1) is 0 Å². The van der Waals surface area contributed by atoms with E-state index in [1.54, 1.807) is 36.7 Å². The predicted octanol–water partition coefficient (Wildman–Crippen LogP) is 1.77. The first-order valence-electron chi connectivity index (χ1n) is 5.65. The van der Waals surface area contributed by atoms with Crippen LogP contribution >= 0.6 is 0 Å². The molecule has 0 radical (unpaired) electrons. The minimum absolute atomic E-state index is 0.246. The summed E-state index contributed by atoms with van der Waals surface area (Å²) in [5, 5.41) is 6.53. The van der Waals surface area contributed by atoms with Crippen LogP contribution in [0.2, 0.25) is 0 Å². The molecule has 1 unspecified atom stereocenters. The topological polar surface area (TPSA) is 66.1 Å². The minimum atomic E-state index is -0.323. The molecule has 0 fully saturated rings. The largest absolute Gasteiger partial charge is 0.285 e. The normalized spacial score (nSPS) is 15.9. The summed E-state index contributed by atoms with van der Waals surface area (Å²) in [4.78, 5) is 25.7. The van der Waals surface area contributed by atoms with Crippen molar-refractivity contribution in [2.75, 3.05) is 0 Å². The van der Waals surface area contributed by atoms with E-state index in [-0.39, 0.29) is 17.9 Å². The van der Waals surface area contributed by atoms with Crippen molar-refractivity contribution in [1.82, 2.24) is 15.1 Å². The summed E-state index contributed by atoms with van der Waals surface area (Å²) in [5.74, 6) is -0.492. The summed E-state index contributed by atoms with van der Waals surface area (Å²) in [6.07, 6.45) is 3.31. The molecule has 2 amide bonds. The molecule has 0 saturated carbocycles. The van der Waals surface area contributed by atoms with Crippen LogP contribution in [0.15, 0.2) is 36.7 Å². The standard InChI is InChI=1S/C13H11N3O2/c1-8(9-6-14-15-7-9)16-12(17)10-4-2-3-5-11(10)13(16)18/h2-8H,1H3,(H,14,15). The Kier molecular flexibility index (Phi) is 2.26. The summed E-state index contributed by atoms with van der Waals surface area (Å²) in [6.45, 7) is 1.81. The maximum atomic E-state index is 12.2. The molecule has 2 heterocycles. The number of aromatic amines is 1. The number of rotatable bonds is 2. The number of fused-ring (bicyclic) bond motifs is 1. The van der Waals surface area contributed by atoms with Crippen molar-refractivity contribution in [3.05, 3.63) is 53.3 Å². The van der Waals surface area contributed by atoms with Gasteiger partial charge in [0.2, 0.25) is 0 Å². The summed E-state index contributed by atoms with van der Waals surface area (Å²) in [5.41, 5.74) is 1.75. The first-order valence-corrected chi connectivity index (χ1v) is 5.65. The molecule has 90 valence electrons. The molecule has 1 N–H and O–H groups in total. The van der Waals surface area contributed by atoms with Crippen LogP contribution in [0.25, 0.3) is 0 Å². The predicted molar refractivity (Wildman–Crippen MR) is 63.9 cm³/mol. The molecule has 0 saturated heterocycles. The second kappa shape index (κ2) is 3.80. The summed E-state index contributed by atoms with van der Waals surface area (Å²) < 4.78 is 0. The zero-order valence-corrected chi connectivity index (χ0v) is 9.75. The Bertz CT molecular complexity index is 584. The van der Waals surface area contributed by atoms with Crippen LogP contribution in [0.4, 0.5) is 0 Å². The Hall–Kier alpha value is -2.43. The van der Waals surface area contributed by atoms with Gasteiger partial charge in [0.15, 0.2) is 0 Å². The van der Waals surface area contributed by atoms with E-state index in [0.29, 0.717) is 11.1 Å². The maximum Gasteiger partial charge on any atom is 0.262 e. The summed E-state index contributed by atoms with van der Waals surface area (Å²) in [6, 6.07) is 6.55. The zero-order valence-electron chi connectivity index (χ0n) is 9.75. The van der Waals surface area contributed by atoms with Crippen LogP contribution in [-0.2, 0) is 0 Å². The van der Waals surface area contributed by atoms with Gasteiger partial charge in [-0.1, -0.05) is 12.1 Å². The molecule has 1 atom stereocenters. The number of hydrogen-bond acceptors (Lipinski definition) is 3. The van der Waals surface area contributed by atoms with Gasteiger partial charge in [-0.05, 0) is 19.1 Å². The average molecular weight is 241 g/mol. The Balaban J connectivity index is 2.02. The van der Waals surface area contributed by atoms with Gasteiger partial charge in [0.1, 0.15) is 0 Å². The molecule has 5 nitrogen and oxygen atoms in total. The van der Waals surface area contributed by atoms with E-state index in [9.17, 15) is 9.59 Å². The molecule has 1 aliphatic heterocycles. The van der Waals surface area contributed by atoms with Gasteiger partial charge < -0.3 is 0 Å². The van der Waals surface area contributed by atoms with Crippen molar-refractivity contribution in [3.63, 3.8) is 0 Å². The van der Waals surface area contributed by atoms with Crippen LogP contribution in [0.3, 0.4) is 0 Å². The number of imide groups is 1. The molecule has 5 heteroatoms. The number of hydrogen-bond donors (Lipinski definition) is 1. The molecule has 0 spiro atoms. The molecule has 1 aromatic heterocycles. The highest BCUT2D eigenvalue weighted by Gasteiger charge is 2.38. The van der Waals surface area contributed by atoms with E-state index in [1.807, 2.05) is 6.92 Å². The molecular weight excluding hydrogens is 230 g/mol. The van der Waals surface area contributed by atoms with E-state index < -0.39 is 0 Å². The molecular formula is C13H11N3O2. The molecule has 0 aliphatic carbocycles. The monoisotopic (exact) mass is 241 g/mol. The van der Waals surface area contributed by atoms with Crippen LogP contribution < -0.4 is 0 Å². The third-order valence-corrected chi connectivity index (χ3v) is 3.21. The van der Waals surface area contributed by atoms with Gasteiger partial charge in [0.25, 0.3) is 11.8 Å². The van der Waals surface area contributed by atoms with Gasteiger partial charge >= 0.3 is 0 Å². The Morgan fingerprint density at radius 2 is 1.78 bits per heavy atom. The lowest BCUT2D eigenvalue weighted by atomic mass is 10.1. The van der Waals surface area contributed by atoms with Crippen molar-refractivity contribution in [2.24, 2.45) is 0 Å². The number of nitrogens with one attached hydrogen (secondary N) is 1. The molecule has 1 aromatic carbocycles. The Morgan fingerprint density at radius 1 is 1.17 bits per heavy atom. The van der Waals surface area contributed by atoms with Gasteiger partial charge in [-0.3, -0.25) is 19.6 Å². The van der Waals surface area contributed by atoms with Gasteiger partial charge in [-0.25, -0.2) is 0 Å². The van der Waals surface area contributed by atoms with Gasteiger partial charge in [0, 0.05) is 11.8 Å². The fraction of sp³-hybridized carbons (Fsp3) is 0.154. The molecule has 18 heavy (non-hydrogen) atoms. The van der Waals surface area contributed by atoms with Crippen molar-refractivity contribution in [2.45, 2.75) is 13.0 Å². The van der Waals surface area contributed by atoms with Crippen LogP contribution in [0.1, 0.15) is 39.2 Å². The van der Waals surface area contributed by atoms with E-state index in [2.05, 4.69) is 10.2 Å². The number of nitrogens with zero attached hydrogens (tertiary/aromatic N) is 2. The Labute approximate surface area is 103 Å². The number of H-pyrrole nitrogens is 1. The van der Waals surface area contributed by atoms with Crippen molar-refractivity contribution >= 4 is 11.8 Å². The van der Waals surface area contributed by atoms with Crippen molar-refractivity contribution < 1.29 is 9.59 Å². The quantitative estimate of drug-likeness (QED) is 0.815. The number of benzene rings is 1. The molecule has 2 aromatic rings. The van der Waals surface area contributed by atoms with Gasteiger partial charge in [-0.15, -0.1) is 0 Å². The fourth-order valence-electron chi connectivity index (χ4n) is 2.20. The van der Waals surface area contributed by atoms with E-state index in [4.69, 9.17) is 0 Å². The molecule has 0 bridgehead atoms. The smallest absolute Gasteiger partial charge is 0.262 e. The third kappa shape index (κ3) is 1.37. The second-order valence-electron chi connectivity index (χ2n) is 4.23. The highest BCUT2D eigenvalue weighted by atomic mass is 16.2. The summed E-state index contributed by atoms with van der Waals surface area (Å²) >= 11 is 0. The summed E-state index contributed by atoms with van der Waals surface area (Å²) in [7, 11) is 0. The number of carbonyl (C=O) groups excluding carboxylic acids is 2. The number of carbonyl (C=O) groups is 2. The lowest BCUT2D eigenvalue weighted by Gasteiger charge is -2.21. The van der Waals surface area contributed by atoms with E-state index >= 15 is 0 Å². The lowest BCUT2D eigenvalue weighted by molar-refractivity contribution is 0.0595. The number of aromatic nitrogens is 2. The van der Waals surface area contributed by atoms with Crippen molar-refractivity contribution in [1.29, 1.82) is 0 Å². The lowest BCUT2D eigenvalue weighted by Crippen LogP contribution is -2.32. The van der Waals surface area contributed by atoms with E-state index in [1.165, 1.54) is 4.90 Å².